The van der Waals surface area contributed by atoms with Crippen LogP contribution in [0.15, 0.2) is 12.3 Å². The van der Waals surface area contributed by atoms with Crippen LogP contribution in [0.5, 0.6) is 0 Å². The van der Waals surface area contributed by atoms with Gasteiger partial charge in [0.15, 0.2) is 0 Å². The first-order valence-electron chi connectivity index (χ1n) is 8.54. The molecule has 0 bridgehead atoms. The fourth-order valence-corrected chi connectivity index (χ4v) is 3.55. The second-order valence-corrected chi connectivity index (χ2v) is 6.35. The number of nitrogens with one attached hydrogen (secondary N) is 1. The number of likely N-dealkylation sites (tertiary alicyclic amines) is 1. The Hall–Kier alpha value is -1.60. The average Bonchev–Trinajstić information content (AvgIpc) is 3.17. The van der Waals surface area contributed by atoms with E-state index in [1.165, 1.54) is 5.69 Å². The summed E-state index contributed by atoms with van der Waals surface area (Å²) >= 11 is 0. The zero-order valence-electron chi connectivity index (χ0n) is 13.9. The van der Waals surface area contributed by atoms with E-state index < -0.39 is 0 Å². The molecule has 3 heterocycles. The number of ether oxygens (including phenoxy) is 1. The standard InChI is InChI=1S/C16H27N5O2/c1-23-11-3-9-21-15(5-6-18-21)13-19-8-2-4-14(12-19)20-10-7-17-16(20)22/h5-6,14H,2-4,7-13H2,1H3,(H,17,22). The summed E-state index contributed by atoms with van der Waals surface area (Å²) in [5, 5.41) is 7.33. The van der Waals surface area contributed by atoms with E-state index in [0.29, 0.717) is 6.04 Å². The highest BCUT2D eigenvalue weighted by atomic mass is 16.5. The Labute approximate surface area is 137 Å². The van der Waals surface area contributed by atoms with Gasteiger partial charge in [-0.15, -0.1) is 0 Å². The Bertz CT molecular complexity index is 518. The molecule has 2 aliphatic heterocycles. The van der Waals surface area contributed by atoms with Crippen LogP contribution in [-0.2, 0) is 17.8 Å². The van der Waals surface area contributed by atoms with Crippen LogP contribution in [-0.4, -0.2) is 71.5 Å². The van der Waals surface area contributed by atoms with Crippen LogP contribution in [0.3, 0.4) is 0 Å². The molecule has 1 N–H and O–H groups in total. The number of methoxy groups -OCH3 is 1. The molecular formula is C16H27N5O2. The number of carbonyl (C=O) groups excluding carboxylic acids is 1. The molecule has 0 radical (unpaired) electrons. The van der Waals surface area contributed by atoms with E-state index in [9.17, 15) is 4.79 Å². The quantitative estimate of drug-likeness (QED) is 0.758. The second-order valence-electron chi connectivity index (χ2n) is 6.35. The third-order valence-electron chi connectivity index (χ3n) is 4.72. The number of hydrogen-bond acceptors (Lipinski definition) is 4. The van der Waals surface area contributed by atoms with Gasteiger partial charge in [0.1, 0.15) is 0 Å². The molecular weight excluding hydrogens is 294 g/mol. The Morgan fingerprint density at radius 2 is 2.35 bits per heavy atom. The number of piperidine rings is 1. The van der Waals surface area contributed by atoms with Crippen molar-refractivity contribution in [3.8, 4) is 0 Å². The Kier molecular flexibility index (Phi) is 5.51. The van der Waals surface area contributed by atoms with Crippen molar-refractivity contribution in [2.45, 2.75) is 38.4 Å². The number of nitrogens with zero attached hydrogens (tertiary/aromatic N) is 4. The first-order valence-corrected chi connectivity index (χ1v) is 8.54. The number of hydrogen-bond donors (Lipinski definition) is 1. The lowest BCUT2D eigenvalue weighted by Gasteiger charge is -2.37. The van der Waals surface area contributed by atoms with Gasteiger partial charge in [-0.25, -0.2) is 4.79 Å². The highest BCUT2D eigenvalue weighted by Gasteiger charge is 2.31. The van der Waals surface area contributed by atoms with Crippen molar-refractivity contribution in [1.29, 1.82) is 0 Å². The van der Waals surface area contributed by atoms with E-state index in [0.717, 1.165) is 65.1 Å². The number of aryl methyl sites for hydroxylation is 1. The minimum Gasteiger partial charge on any atom is -0.385 e. The van der Waals surface area contributed by atoms with Crippen molar-refractivity contribution in [2.24, 2.45) is 0 Å². The molecule has 0 saturated carbocycles. The summed E-state index contributed by atoms with van der Waals surface area (Å²) in [5.74, 6) is 0. The Balaban J connectivity index is 1.55. The van der Waals surface area contributed by atoms with Gasteiger partial charge in [-0.3, -0.25) is 9.58 Å². The van der Waals surface area contributed by atoms with Gasteiger partial charge in [0.05, 0.1) is 5.69 Å². The molecule has 2 amide bonds. The Morgan fingerprint density at radius 3 is 3.13 bits per heavy atom. The molecule has 128 valence electrons. The molecule has 2 saturated heterocycles. The van der Waals surface area contributed by atoms with Gasteiger partial charge < -0.3 is 15.0 Å². The zero-order valence-corrected chi connectivity index (χ0v) is 13.9. The molecule has 0 aromatic carbocycles. The Morgan fingerprint density at radius 1 is 1.43 bits per heavy atom. The van der Waals surface area contributed by atoms with Crippen LogP contribution in [0.25, 0.3) is 0 Å². The molecule has 0 spiro atoms. The molecule has 0 aliphatic carbocycles. The molecule has 2 fully saturated rings. The van der Waals surface area contributed by atoms with Crippen LogP contribution in [0.4, 0.5) is 4.79 Å². The maximum atomic E-state index is 11.9. The topological polar surface area (TPSA) is 62.6 Å². The van der Waals surface area contributed by atoms with Crippen LogP contribution in [0, 0.1) is 0 Å². The van der Waals surface area contributed by atoms with Crippen molar-refractivity contribution < 1.29 is 9.53 Å². The first-order chi connectivity index (χ1) is 11.3. The second kappa shape index (κ2) is 7.79. The zero-order chi connectivity index (χ0) is 16.1. The summed E-state index contributed by atoms with van der Waals surface area (Å²) < 4.78 is 7.19. The van der Waals surface area contributed by atoms with E-state index in [1.54, 1.807) is 7.11 Å². The molecule has 2 aliphatic rings. The van der Waals surface area contributed by atoms with Crippen LogP contribution in [0.1, 0.15) is 25.0 Å². The highest BCUT2D eigenvalue weighted by Crippen LogP contribution is 2.19. The van der Waals surface area contributed by atoms with E-state index in [-0.39, 0.29) is 6.03 Å². The molecule has 1 aromatic heterocycles. The smallest absolute Gasteiger partial charge is 0.317 e. The van der Waals surface area contributed by atoms with Gasteiger partial charge in [-0.05, 0) is 31.9 Å². The van der Waals surface area contributed by atoms with Crippen molar-refractivity contribution >= 4 is 6.03 Å². The lowest BCUT2D eigenvalue weighted by atomic mass is 10.0. The highest BCUT2D eigenvalue weighted by molar-refractivity contribution is 5.76. The van der Waals surface area contributed by atoms with Crippen molar-refractivity contribution in [3.05, 3.63) is 18.0 Å². The predicted molar refractivity (Wildman–Crippen MR) is 87.1 cm³/mol. The van der Waals surface area contributed by atoms with Crippen LogP contribution < -0.4 is 5.32 Å². The summed E-state index contributed by atoms with van der Waals surface area (Å²) in [4.78, 5) is 16.3. The number of carbonyl (C=O) groups is 1. The van der Waals surface area contributed by atoms with Crippen LogP contribution in [0.2, 0.25) is 0 Å². The molecule has 7 heteroatoms. The molecule has 23 heavy (non-hydrogen) atoms. The minimum atomic E-state index is 0.0986. The molecule has 1 aromatic rings. The summed E-state index contributed by atoms with van der Waals surface area (Å²) in [5.41, 5.74) is 1.24. The first kappa shape index (κ1) is 16.3. The van der Waals surface area contributed by atoms with E-state index in [2.05, 4.69) is 26.1 Å². The third-order valence-corrected chi connectivity index (χ3v) is 4.72. The predicted octanol–water partition coefficient (Wildman–Crippen LogP) is 0.909. The average molecular weight is 321 g/mol. The van der Waals surface area contributed by atoms with Crippen molar-refractivity contribution in [3.63, 3.8) is 0 Å². The third kappa shape index (κ3) is 4.03. The minimum absolute atomic E-state index is 0.0986. The number of amides is 2. The van der Waals surface area contributed by atoms with Gasteiger partial charge >= 0.3 is 6.03 Å². The van der Waals surface area contributed by atoms with Crippen molar-refractivity contribution in [2.75, 3.05) is 39.9 Å². The number of urea groups is 1. The largest absolute Gasteiger partial charge is 0.385 e. The lowest BCUT2D eigenvalue weighted by Crippen LogP contribution is -2.48. The summed E-state index contributed by atoms with van der Waals surface area (Å²) in [6.45, 7) is 6.22. The maximum absolute atomic E-state index is 11.9. The molecule has 1 unspecified atom stereocenters. The van der Waals surface area contributed by atoms with Crippen molar-refractivity contribution in [1.82, 2.24) is 24.9 Å². The monoisotopic (exact) mass is 321 g/mol. The van der Waals surface area contributed by atoms with E-state index in [4.69, 9.17) is 4.74 Å². The lowest BCUT2D eigenvalue weighted by molar-refractivity contribution is 0.119. The normalized spacial score (nSPS) is 22.6. The molecule has 3 rings (SSSR count). The van der Waals surface area contributed by atoms with Gasteiger partial charge in [-0.1, -0.05) is 0 Å². The molecule has 1 atom stereocenters. The summed E-state index contributed by atoms with van der Waals surface area (Å²) in [7, 11) is 1.73. The van der Waals surface area contributed by atoms with E-state index >= 15 is 0 Å². The summed E-state index contributed by atoms with van der Waals surface area (Å²) in [6.07, 6.45) is 5.10. The number of aromatic nitrogens is 2. The fourth-order valence-electron chi connectivity index (χ4n) is 3.55. The molecule has 7 nitrogen and oxygen atoms in total. The van der Waals surface area contributed by atoms with Gasteiger partial charge in [-0.2, -0.15) is 5.10 Å². The van der Waals surface area contributed by atoms with Gasteiger partial charge in [0.2, 0.25) is 0 Å². The summed E-state index contributed by atoms with van der Waals surface area (Å²) in [6, 6.07) is 2.54. The van der Waals surface area contributed by atoms with Gasteiger partial charge in [0.25, 0.3) is 0 Å². The van der Waals surface area contributed by atoms with Gasteiger partial charge in [0, 0.05) is 58.7 Å². The maximum Gasteiger partial charge on any atom is 0.317 e. The fraction of sp³-hybridized carbons (Fsp3) is 0.750. The number of rotatable bonds is 7. The van der Waals surface area contributed by atoms with Crippen LogP contribution >= 0.6 is 0 Å². The van der Waals surface area contributed by atoms with E-state index in [1.807, 2.05) is 11.1 Å². The SMILES string of the molecule is COCCCn1nccc1CN1CCCC(N2CCNC2=O)C1.